The molecule has 0 spiro atoms. The lowest BCUT2D eigenvalue weighted by Crippen LogP contribution is -2.33. The van der Waals surface area contributed by atoms with E-state index in [1.807, 2.05) is 0 Å². The molecule has 1 N–H and O–H groups in total. The zero-order valence-electron chi connectivity index (χ0n) is 30.2. The molecular weight excluding hydrogens is 606 g/mol. The van der Waals surface area contributed by atoms with Gasteiger partial charge in [0.15, 0.2) is 0 Å². The van der Waals surface area contributed by atoms with E-state index in [1.165, 1.54) is 64.2 Å². The molecule has 1 aliphatic rings. The topological polar surface area (TPSA) is 104 Å². The second-order valence-electron chi connectivity index (χ2n) is 11.9. The van der Waals surface area contributed by atoms with E-state index in [2.05, 4.69) is 12.2 Å². The fourth-order valence-corrected chi connectivity index (χ4v) is 4.97. The maximum atomic E-state index is 5.80. The smallest absolute Gasteiger partial charge is 0.0704 e. The van der Waals surface area contributed by atoms with Crippen LogP contribution >= 0.6 is 0 Å². The predicted octanol–water partition coefficient (Wildman–Crippen LogP) is 5.22. The van der Waals surface area contributed by atoms with Gasteiger partial charge < -0.3 is 52.7 Å². The zero-order chi connectivity index (χ0) is 33.4. The van der Waals surface area contributed by atoms with Crippen LogP contribution in [0.4, 0.5) is 0 Å². The van der Waals surface area contributed by atoms with Gasteiger partial charge in [0.1, 0.15) is 0 Å². The molecule has 11 heteroatoms. The Morgan fingerprint density at radius 1 is 0.340 bits per heavy atom. The molecule has 1 rings (SSSR count). The quantitative estimate of drug-likeness (QED) is 0.0863. The molecule has 0 aliphatic carbocycles. The highest BCUT2D eigenvalue weighted by molar-refractivity contribution is 4.67. The van der Waals surface area contributed by atoms with Crippen LogP contribution in [0.2, 0.25) is 0 Å². The molecule has 1 heterocycles. The molecule has 0 aromatic rings. The van der Waals surface area contributed by atoms with Gasteiger partial charge in [0, 0.05) is 6.61 Å². The highest BCUT2D eigenvalue weighted by Crippen LogP contribution is 2.11. The van der Waals surface area contributed by atoms with Crippen molar-refractivity contribution in [2.24, 2.45) is 0 Å². The molecular formula is C36H73NO10. The van der Waals surface area contributed by atoms with Crippen LogP contribution in [0.5, 0.6) is 0 Å². The number of hydrogen-bond acceptors (Lipinski definition) is 11. The number of rotatable bonds is 40. The summed E-state index contributed by atoms with van der Waals surface area (Å²) in [4.78, 5) is 0. The highest BCUT2D eigenvalue weighted by Gasteiger charge is 2.12. The van der Waals surface area contributed by atoms with E-state index in [0.29, 0.717) is 125 Å². The number of piperidine rings is 1. The van der Waals surface area contributed by atoms with Gasteiger partial charge in [0.25, 0.3) is 0 Å². The third-order valence-corrected chi connectivity index (χ3v) is 7.74. The molecule has 1 fully saturated rings. The summed E-state index contributed by atoms with van der Waals surface area (Å²) in [5.74, 6) is 0. The fourth-order valence-electron chi connectivity index (χ4n) is 4.97. The predicted molar refractivity (Wildman–Crippen MR) is 186 cm³/mol. The Hall–Kier alpha value is -0.440. The van der Waals surface area contributed by atoms with Gasteiger partial charge in [-0.15, -0.1) is 0 Å². The Morgan fingerprint density at radius 3 is 0.957 bits per heavy atom. The molecule has 282 valence electrons. The summed E-state index contributed by atoms with van der Waals surface area (Å²) >= 11 is 0. The van der Waals surface area contributed by atoms with Crippen molar-refractivity contribution in [1.29, 1.82) is 0 Å². The first-order chi connectivity index (χ1) is 23.4. The van der Waals surface area contributed by atoms with Crippen LogP contribution in [0.3, 0.4) is 0 Å². The van der Waals surface area contributed by atoms with Crippen molar-refractivity contribution >= 4 is 0 Å². The summed E-state index contributed by atoms with van der Waals surface area (Å²) in [7, 11) is 0. The first-order valence-corrected chi connectivity index (χ1v) is 19.0. The molecule has 0 aromatic carbocycles. The molecule has 0 bridgehead atoms. The van der Waals surface area contributed by atoms with E-state index in [9.17, 15) is 0 Å². The van der Waals surface area contributed by atoms with E-state index >= 15 is 0 Å². The highest BCUT2D eigenvalue weighted by atomic mass is 16.6. The van der Waals surface area contributed by atoms with Gasteiger partial charge in [-0.1, -0.05) is 71.1 Å². The average Bonchev–Trinajstić information content (AvgIpc) is 3.09. The number of nitrogens with one attached hydrogen (secondary N) is 1. The van der Waals surface area contributed by atoms with E-state index in [4.69, 9.17) is 47.4 Å². The summed E-state index contributed by atoms with van der Waals surface area (Å²) in [5, 5.41) is 3.33. The minimum Gasteiger partial charge on any atom is -0.379 e. The SMILES string of the molecule is CCCCCCCCCCCCCOCCOCCOCCOCCOCCOCCOCCOCCOCCOC1CCNCC1. The van der Waals surface area contributed by atoms with Crippen molar-refractivity contribution in [3.8, 4) is 0 Å². The second kappa shape index (κ2) is 40.0. The minimum absolute atomic E-state index is 0.377. The molecule has 0 amide bonds. The van der Waals surface area contributed by atoms with E-state index in [0.717, 1.165) is 39.0 Å². The van der Waals surface area contributed by atoms with E-state index in [1.54, 1.807) is 0 Å². The van der Waals surface area contributed by atoms with E-state index < -0.39 is 0 Å². The molecule has 0 radical (unpaired) electrons. The normalized spacial score (nSPS) is 14.0. The molecule has 0 saturated carbocycles. The summed E-state index contributed by atoms with van der Waals surface area (Å²) in [5.41, 5.74) is 0. The summed E-state index contributed by atoms with van der Waals surface area (Å²) in [6.45, 7) is 15.4. The monoisotopic (exact) mass is 680 g/mol. The molecule has 47 heavy (non-hydrogen) atoms. The van der Waals surface area contributed by atoms with Crippen molar-refractivity contribution in [3.05, 3.63) is 0 Å². The van der Waals surface area contributed by atoms with Crippen LogP contribution < -0.4 is 5.32 Å². The maximum absolute atomic E-state index is 5.80. The third kappa shape index (κ3) is 36.7. The molecule has 0 aromatic heterocycles. The fraction of sp³-hybridized carbons (Fsp3) is 1.00. The third-order valence-electron chi connectivity index (χ3n) is 7.74. The largest absolute Gasteiger partial charge is 0.379 e. The molecule has 0 atom stereocenters. The molecule has 1 saturated heterocycles. The minimum atomic E-state index is 0.377. The zero-order valence-corrected chi connectivity index (χ0v) is 30.2. The molecule has 1 aliphatic heterocycles. The first kappa shape index (κ1) is 44.6. The Kier molecular flexibility index (Phi) is 37.9. The molecule has 0 unspecified atom stereocenters. The van der Waals surface area contributed by atoms with Gasteiger partial charge in [-0.2, -0.15) is 0 Å². The van der Waals surface area contributed by atoms with Crippen LogP contribution in [-0.2, 0) is 47.4 Å². The van der Waals surface area contributed by atoms with Crippen LogP contribution in [0.1, 0.15) is 90.4 Å². The lowest BCUT2D eigenvalue weighted by atomic mass is 10.1. The Morgan fingerprint density at radius 2 is 0.617 bits per heavy atom. The molecule has 11 nitrogen and oxygen atoms in total. The average molecular weight is 680 g/mol. The van der Waals surface area contributed by atoms with Crippen molar-refractivity contribution in [2.45, 2.75) is 96.5 Å². The summed E-state index contributed by atoms with van der Waals surface area (Å²) in [6, 6.07) is 0. The van der Waals surface area contributed by atoms with Gasteiger partial charge in [-0.05, 0) is 32.4 Å². The van der Waals surface area contributed by atoms with Crippen LogP contribution in [-0.4, -0.2) is 145 Å². The lowest BCUT2D eigenvalue weighted by molar-refractivity contribution is -0.0321. The Labute approximate surface area is 287 Å². The van der Waals surface area contributed by atoms with Crippen molar-refractivity contribution in [1.82, 2.24) is 5.32 Å². The number of hydrogen-bond donors (Lipinski definition) is 1. The Balaban J connectivity index is 1.59. The lowest BCUT2D eigenvalue weighted by Gasteiger charge is -2.22. The number of unbranched alkanes of at least 4 members (excludes halogenated alkanes) is 10. The van der Waals surface area contributed by atoms with Gasteiger partial charge >= 0.3 is 0 Å². The van der Waals surface area contributed by atoms with Crippen LogP contribution in [0, 0.1) is 0 Å². The van der Waals surface area contributed by atoms with Gasteiger partial charge in [0.05, 0.1) is 125 Å². The van der Waals surface area contributed by atoms with Crippen molar-refractivity contribution < 1.29 is 47.4 Å². The van der Waals surface area contributed by atoms with Gasteiger partial charge in [0.2, 0.25) is 0 Å². The summed E-state index contributed by atoms with van der Waals surface area (Å²) in [6.07, 6.45) is 17.5. The van der Waals surface area contributed by atoms with Crippen molar-refractivity contribution in [2.75, 3.05) is 139 Å². The standard InChI is InChI=1S/C36H73NO10/c1-2-3-4-5-6-7-8-9-10-11-12-17-38-18-19-39-20-21-40-22-23-41-24-25-42-26-27-43-28-29-44-30-31-45-32-33-46-34-35-47-36-13-15-37-16-14-36/h36-37H,2-35H2,1H3. The van der Waals surface area contributed by atoms with Gasteiger partial charge in [-0.25, -0.2) is 0 Å². The van der Waals surface area contributed by atoms with Crippen molar-refractivity contribution in [3.63, 3.8) is 0 Å². The maximum Gasteiger partial charge on any atom is 0.0704 e. The van der Waals surface area contributed by atoms with Crippen LogP contribution in [0.25, 0.3) is 0 Å². The van der Waals surface area contributed by atoms with E-state index in [-0.39, 0.29) is 0 Å². The van der Waals surface area contributed by atoms with Gasteiger partial charge in [-0.3, -0.25) is 0 Å². The second-order valence-corrected chi connectivity index (χ2v) is 11.9. The summed E-state index contributed by atoms with van der Waals surface area (Å²) < 4.78 is 55.6. The van der Waals surface area contributed by atoms with Crippen LogP contribution in [0.15, 0.2) is 0 Å². The number of ether oxygens (including phenoxy) is 10. The first-order valence-electron chi connectivity index (χ1n) is 19.0. The Bertz CT molecular complexity index is 572.